The van der Waals surface area contributed by atoms with E-state index in [1.54, 1.807) is 6.07 Å². The molecule has 2 bridgehead atoms. The van der Waals surface area contributed by atoms with Crippen LogP contribution in [-0.4, -0.2) is 43.0 Å². The van der Waals surface area contributed by atoms with E-state index in [2.05, 4.69) is 4.90 Å². The molecule has 1 saturated heterocycles. The monoisotopic (exact) mass is 379 g/mol. The van der Waals surface area contributed by atoms with Crippen molar-refractivity contribution in [3.05, 3.63) is 29.0 Å². The third-order valence-corrected chi connectivity index (χ3v) is 6.91. The molecule has 1 heterocycles. The molecule has 1 amide bonds. The molecule has 2 aliphatic carbocycles. The largest absolute Gasteiger partial charge is 0.367 e. The van der Waals surface area contributed by atoms with E-state index >= 15 is 0 Å². The van der Waals surface area contributed by atoms with Crippen LogP contribution in [0.5, 0.6) is 0 Å². The van der Waals surface area contributed by atoms with Gasteiger partial charge in [-0.2, -0.15) is 0 Å². The second-order valence-electron chi connectivity index (χ2n) is 8.10. The first-order chi connectivity index (χ1) is 12.5. The highest BCUT2D eigenvalue weighted by Gasteiger charge is 2.41. The number of hydrogen-bond acceptors (Lipinski definition) is 3. The number of amides is 1. The molecule has 2 N–H and O–H groups in total. The van der Waals surface area contributed by atoms with Crippen molar-refractivity contribution in [1.82, 2.24) is 4.90 Å². The normalized spacial score (nSPS) is 31.8. The Hall–Kier alpha value is -1.33. The number of hydrogen-bond donors (Lipinski definition) is 1. The number of carbonyl (C=O) groups excluding carboxylic acids is 1. The average Bonchev–Trinajstić information content (AvgIpc) is 2.61. The third kappa shape index (κ3) is 3.44. The topological polar surface area (TPSA) is 49.6 Å². The second-order valence-corrected chi connectivity index (χ2v) is 8.51. The first-order valence-corrected chi connectivity index (χ1v) is 10.1. The molecule has 4 rings (SSSR count). The lowest BCUT2D eigenvalue weighted by atomic mass is 9.65. The van der Waals surface area contributed by atoms with Crippen molar-refractivity contribution < 1.29 is 9.18 Å². The number of halogens is 2. The van der Waals surface area contributed by atoms with E-state index < -0.39 is 0 Å². The van der Waals surface area contributed by atoms with Gasteiger partial charge in [0.25, 0.3) is 0 Å². The molecule has 26 heavy (non-hydrogen) atoms. The van der Waals surface area contributed by atoms with E-state index in [4.69, 9.17) is 17.3 Å². The van der Waals surface area contributed by atoms with Crippen LogP contribution in [-0.2, 0) is 4.79 Å². The lowest BCUT2D eigenvalue weighted by molar-refractivity contribution is -0.138. The number of rotatable bonds is 2. The molecule has 6 heteroatoms. The zero-order chi connectivity index (χ0) is 18.3. The molecular formula is C20H27ClFN3O. The molecule has 2 atom stereocenters. The first-order valence-electron chi connectivity index (χ1n) is 9.77. The number of fused-ring (bicyclic) bond motifs is 2. The number of nitrogens with two attached hydrogens (primary N) is 1. The molecule has 142 valence electrons. The maximum atomic E-state index is 13.2. The van der Waals surface area contributed by atoms with E-state index in [1.165, 1.54) is 31.4 Å². The van der Waals surface area contributed by atoms with Crippen LogP contribution >= 0.6 is 11.6 Å². The quantitative estimate of drug-likeness (QED) is 0.857. The number of benzene rings is 1. The Morgan fingerprint density at radius 1 is 1.12 bits per heavy atom. The van der Waals surface area contributed by atoms with Crippen LogP contribution in [0.1, 0.15) is 32.1 Å². The molecule has 0 radical (unpaired) electrons. The number of carbonyl (C=O) groups is 1. The summed E-state index contributed by atoms with van der Waals surface area (Å²) in [5.74, 6) is 1.17. The van der Waals surface area contributed by atoms with Crippen molar-refractivity contribution in [1.29, 1.82) is 0 Å². The van der Waals surface area contributed by atoms with Gasteiger partial charge in [-0.1, -0.05) is 18.0 Å². The van der Waals surface area contributed by atoms with Crippen LogP contribution in [0.25, 0.3) is 0 Å². The van der Waals surface area contributed by atoms with Gasteiger partial charge in [-0.05, 0) is 55.7 Å². The molecule has 1 aromatic rings. The lowest BCUT2D eigenvalue weighted by Crippen LogP contribution is -2.53. The van der Waals surface area contributed by atoms with Crippen LogP contribution in [0.3, 0.4) is 0 Å². The fourth-order valence-electron chi connectivity index (χ4n) is 5.15. The fraction of sp³-hybridized carbons (Fsp3) is 0.650. The predicted octanol–water partition coefficient (Wildman–Crippen LogP) is 3.28. The predicted molar refractivity (Wildman–Crippen MR) is 102 cm³/mol. The molecule has 4 nitrogen and oxygen atoms in total. The van der Waals surface area contributed by atoms with Crippen LogP contribution in [0.4, 0.5) is 10.1 Å². The number of nitrogens with zero attached hydrogens (tertiary/aromatic N) is 2. The van der Waals surface area contributed by atoms with Crippen molar-refractivity contribution in [2.45, 2.75) is 38.1 Å². The van der Waals surface area contributed by atoms with Crippen LogP contribution in [0.15, 0.2) is 18.2 Å². The molecular weight excluding hydrogens is 353 g/mol. The fourth-order valence-corrected chi connectivity index (χ4v) is 5.44. The molecule has 1 aromatic carbocycles. The minimum absolute atomic E-state index is 0.144. The third-order valence-electron chi connectivity index (χ3n) is 6.60. The molecule has 3 aliphatic rings. The standard InChI is InChI=1S/C20H27ClFN3O/c21-17-12-16(22)4-5-18(17)24-6-8-25(9-7-24)20(26)15-10-13-2-1-3-14(11-15)19(13)23/h4-5,12-15,19H,1-3,6-11,23H2. The Labute approximate surface area is 159 Å². The summed E-state index contributed by atoms with van der Waals surface area (Å²) in [5.41, 5.74) is 7.21. The van der Waals surface area contributed by atoms with E-state index in [9.17, 15) is 9.18 Å². The van der Waals surface area contributed by atoms with Gasteiger partial charge >= 0.3 is 0 Å². The molecule has 3 fully saturated rings. The highest BCUT2D eigenvalue weighted by Crippen LogP contribution is 2.42. The summed E-state index contributed by atoms with van der Waals surface area (Å²) in [5, 5.41) is 0.430. The van der Waals surface area contributed by atoms with Gasteiger partial charge in [0.15, 0.2) is 0 Å². The van der Waals surface area contributed by atoms with Gasteiger partial charge in [-0.3, -0.25) is 4.79 Å². The Bertz CT molecular complexity index is 663. The zero-order valence-corrected chi connectivity index (χ0v) is 15.8. The summed E-state index contributed by atoms with van der Waals surface area (Å²) < 4.78 is 13.2. The Kier molecular flexibility index (Phi) is 5.11. The zero-order valence-electron chi connectivity index (χ0n) is 15.0. The van der Waals surface area contributed by atoms with Crippen LogP contribution in [0, 0.1) is 23.6 Å². The van der Waals surface area contributed by atoms with E-state index in [0.29, 0.717) is 41.9 Å². The van der Waals surface area contributed by atoms with Gasteiger partial charge in [-0.15, -0.1) is 0 Å². The SMILES string of the molecule is NC1C2CCCC1CC(C(=O)N1CCN(c3ccc(F)cc3Cl)CC1)C2. The van der Waals surface area contributed by atoms with Gasteiger partial charge in [-0.25, -0.2) is 4.39 Å². The van der Waals surface area contributed by atoms with E-state index in [0.717, 1.165) is 31.6 Å². The highest BCUT2D eigenvalue weighted by molar-refractivity contribution is 6.33. The summed E-state index contributed by atoms with van der Waals surface area (Å²) in [4.78, 5) is 17.2. The van der Waals surface area contributed by atoms with Crippen molar-refractivity contribution in [2.75, 3.05) is 31.1 Å². The van der Waals surface area contributed by atoms with Gasteiger partial charge < -0.3 is 15.5 Å². The highest BCUT2D eigenvalue weighted by atomic mass is 35.5. The summed E-state index contributed by atoms with van der Waals surface area (Å²) in [6, 6.07) is 4.80. The summed E-state index contributed by atoms with van der Waals surface area (Å²) in [7, 11) is 0. The number of piperazine rings is 1. The van der Waals surface area contributed by atoms with Crippen LogP contribution < -0.4 is 10.6 Å². The second kappa shape index (κ2) is 7.35. The Morgan fingerprint density at radius 2 is 1.77 bits per heavy atom. The molecule has 2 saturated carbocycles. The maximum Gasteiger partial charge on any atom is 0.225 e. The van der Waals surface area contributed by atoms with Crippen molar-refractivity contribution in [3.63, 3.8) is 0 Å². The van der Waals surface area contributed by atoms with Gasteiger partial charge in [0.2, 0.25) is 5.91 Å². The van der Waals surface area contributed by atoms with E-state index in [-0.39, 0.29) is 11.7 Å². The number of anilines is 1. The lowest BCUT2D eigenvalue weighted by Gasteiger charge is -2.45. The summed E-state index contributed by atoms with van der Waals surface area (Å²) in [6.07, 6.45) is 5.54. The first kappa shape index (κ1) is 18.1. The summed E-state index contributed by atoms with van der Waals surface area (Å²) in [6.45, 7) is 2.86. The molecule has 2 unspecified atom stereocenters. The smallest absolute Gasteiger partial charge is 0.225 e. The minimum atomic E-state index is -0.325. The Balaban J connectivity index is 1.36. The average molecular weight is 380 g/mol. The Morgan fingerprint density at radius 3 is 2.38 bits per heavy atom. The van der Waals surface area contributed by atoms with Crippen molar-refractivity contribution in [3.8, 4) is 0 Å². The summed E-state index contributed by atoms with van der Waals surface area (Å²) >= 11 is 6.18. The van der Waals surface area contributed by atoms with E-state index in [1.807, 2.05) is 4.90 Å². The molecule has 0 spiro atoms. The minimum Gasteiger partial charge on any atom is -0.367 e. The van der Waals surface area contributed by atoms with Gasteiger partial charge in [0.1, 0.15) is 5.82 Å². The molecule has 1 aliphatic heterocycles. The van der Waals surface area contributed by atoms with Crippen molar-refractivity contribution >= 4 is 23.2 Å². The maximum absolute atomic E-state index is 13.2. The molecule has 0 aromatic heterocycles. The van der Waals surface area contributed by atoms with Gasteiger partial charge in [0.05, 0.1) is 10.7 Å². The van der Waals surface area contributed by atoms with Crippen LogP contribution in [0.2, 0.25) is 5.02 Å². The van der Waals surface area contributed by atoms with Gasteiger partial charge in [0, 0.05) is 38.1 Å². The van der Waals surface area contributed by atoms with Crippen molar-refractivity contribution in [2.24, 2.45) is 23.5 Å².